The molecule has 0 amide bonds. The highest BCUT2D eigenvalue weighted by Gasteiger charge is 2.18. The second kappa shape index (κ2) is 7.07. The van der Waals surface area contributed by atoms with Crippen LogP contribution in [0, 0.1) is 5.82 Å². The maximum absolute atomic E-state index is 14.1. The number of aromatic nitrogens is 5. The summed E-state index contributed by atoms with van der Waals surface area (Å²) in [5.41, 5.74) is 9.17. The maximum atomic E-state index is 14.1. The second-order valence-electron chi connectivity index (χ2n) is 6.29. The first-order chi connectivity index (χ1) is 13.5. The Hall–Kier alpha value is -3.81. The number of nitrogens with two attached hydrogens (primary N) is 1. The van der Waals surface area contributed by atoms with E-state index < -0.39 is 0 Å². The van der Waals surface area contributed by atoms with Crippen LogP contribution in [0.4, 0.5) is 10.2 Å². The third-order valence-electron chi connectivity index (χ3n) is 4.24. The average Bonchev–Trinajstić information content (AvgIpc) is 3.33. The van der Waals surface area contributed by atoms with Crippen molar-refractivity contribution in [3.63, 3.8) is 0 Å². The van der Waals surface area contributed by atoms with Crippen LogP contribution in [0.1, 0.15) is 23.7 Å². The molecule has 0 bridgehead atoms. The van der Waals surface area contributed by atoms with E-state index in [0.717, 1.165) is 5.57 Å². The maximum Gasteiger partial charge on any atom is 0.252 e. The number of nitrogen functional groups attached to an aromatic ring is 1. The van der Waals surface area contributed by atoms with Crippen LogP contribution in [0.3, 0.4) is 0 Å². The summed E-state index contributed by atoms with van der Waals surface area (Å²) < 4.78 is 21.0. The number of hydrogen-bond donors (Lipinski definition) is 1. The first kappa shape index (κ1) is 17.6. The Morgan fingerprint density at radius 3 is 2.79 bits per heavy atom. The van der Waals surface area contributed by atoms with Crippen LogP contribution in [0.15, 0.2) is 60.1 Å². The minimum absolute atomic E-state index is 0.261. The van der Waals surface area contributed by atoms with Gasteiger partial charge in [0.2, 0.25) is 5.89 Å². The summed E-state index contributed by atoms with van der Waals surface area (Å²) in [6.07, 6.45) is 6.56. The zero-order chi connectivity index (χ0) is 19.7. The minimum Gasteiger partial charge on any atom is -0.444 e. The average molecular weight is 376 g/mol. The van der Waals surface area contributed by atoms with Gasteiger partial charge in [-0.2, -0.15) is 10.1 Å². The Morgan fingerprint density at radius 2 is 2.11 bits per heavy atom. The monoisotopic (exact) mass is 376 g/mol. The number of halogens is 1. The van der Waals surface area contributed by atoms with Crippen molar-refractivity contribution in [2.75, 3.05) is 5.73 Å². The molecule has 0 spiro atoms. The molecule has 7 nitrogen and oxygen atoms in total. The molecule has 0 saturated heterocycles. The van der Waals surface area contributed by atoms with E-state index in [2.05, 4.69) is 26.6 Å². The largest absolute Gasteiger partial charge is 0.444 e. The lowest BCUT2D eigenvalue weighted by Gasteiger charge is -2.05. The normalized spacial score (nSPS) is 10.9. The lowest BCUT2D eigenvalue weighted by atomic mass is 10.1. The summed E-state index contributed by atoms with van der Waals surface area (Å²) in [4.78, 5) is 12.8. The van der Waals surface area contributed by atoms with Gasteiger partial charge in [0, 0.05) is 24.4 Å². The third kappa shape index (κ3) is 3.27. The lowest BCUT2D eigenvalue weighted by molar-refractivity contribution is 0.573. The predicted octanol–water partition coefficient (Wildman–Crippen LogP) is 3.66. The van der Waals surface area contributed by atoms with E-state index >= 15 is 0 Å². The molecule has 3 aromatic heterocycles. The molecule has 4 aromatic rings. The Labute approximate surface area is 160 Å². The van der Waals surface area contributed by atoms with Crippen molar-refractivity contribution < 1.29 is 8.81 Å². The molecule has 0 saturated carbocycles. The number of allylic oxidation sites excluding steroid dienone is 1. The smallest absolute Gasteiger partial charge is 0.252 e. The third-order valence-corrected chi connectivity index (χ3v) is 4.24. The van der Waals surface area contributed by atoms with Gasteiger partial charge in [-0.25, -0.2) is 19.0 Å². The number of anilines is 1. The van der Waals surface area contributed by atoms with Gasteiger partial charge in [0.1, 0.15) is 17.9 Å². The van der Waals surface area contributed by atoms with Crippen LogP contribution in [0.25, 0.3) is 23.0 Å². The van der Waals surface area contributed by atoms with Gasteiger partial charge in [0.15, 0.2) is 0 Å². The SMILES string of the molecule is C=C(C)c1cnc(-n2cc(-c3ncco3)c(Cc3ccccc3F)n2)nc1N. The Bertz CT molecular complexity index is 1150. The molecule has 2 N–H and O–H groups in total. The van der Waals surface area contributed by atoms with Gasteiger partial charge >= 0.3 is 0 Å². The van der Waals surface area contributed by atoms with Crippen molar-refractivity contribution in [3.05, 3.63) is 78.3 Å². The van der Waals surface area contributed by atoms with Crippen LogP contribution in [-0.4, -0.2) is 24.7 Å². The van der Waals surface area contributed by atoms with Crippen LogP contribution in [0.5, 0.6) is 0 Å². The summed E-state index contributed by atoms with van der Waals surface area (Å²) in [6, 6.07) is 6.55. The molecule has 3 heterocycles. The van der Waals surface area contributed by atoms with Crippen molar-refractivity contribution in [2.45, 2.75) is 13.3 Å². The summed E-state index contributed by atoms with van der Waals surface area (Å²) in [5, 5.41) is 4.54. The van der Waals surface area contributed by atoms with E-state index in [1.165, 1.54) is 23.2 Å². The molecule has 0 atom stereocenters. The Balaban J connectivity index is 1.79. The van der Waals surface area contributed by atoms with E-state index in [1.54, 1.807) is 30.6 Å². The topological polar surface area (TPSA) is 95.6 Å². The highest BCUT2D eigenvalue weighted by atomic mass is 19.1. The summed E-state index contributed by atoms with van der Waals surface area (Å²) in [6.45, 7) is 5.69. The van der Waals surface area contributed by atoms with Gasteiger partial charge in [-0.1, -0.05) is 24.8 Å². The molecule has 1 aromatic carbocycles. The zero-order valence-corrected chi connectivity index (χ0v) is 15.1. The van der Waals surface area contributed by atoms with Crippen molar-refractivity contribution in [1.82, 2.24) is 24.7 Å². The van der Waals surface area contributed by atoms with Crippen LogP contribution >= 0.6 is 0 Å². The van der Waals surface area contributed by atoms with E-state index in [4.69, 9.17) is 10.2 Å². The van der Waals surface area contributed by atoms with Gasteiger partial charge < -0.3 is 10.2 Å². The molecule has 4 rings (SSSR count). The molecule has 0 fully saturated rings. The standard InChI is InChI=1S/C20H17FN6O/c1-12(2)14-10-24-20(25-18(14)22)27-11-15(19-23-7-8-28-19)17(26-27)9-13-5-3-4-6-16(13)21/h3-8,10-11H,1,9H2,2H3,(H2,22,24,25). The lowest BCUT2D eigenvalue weighted by Crippen LogP contribution is -2.07. The fourth-order valence-electron chi connectivity index (χ4n) is 2.82. The van der Waals surface area contributed by atoms with E-state index in [-0.39, 0.29) is 18.2 Å². The highest BCUT2D eigenvalue weighted by molar-refractivity contribution is 5.69. The predicted molar refractivity (Wildman–Crippen MR) is 103 cm³/mol. The van der Waals surface area contributed by atoms with Crippen LogP contribution in [0.2, 0.25) is 0 Å². The van der Waals surface area contributed by atoms with E-state index in [9.17, 15) is 4.39 Å². The van der Waals surface area contributed by atoms with Crippen molar-refractivity contribution in [1.29, 1.82) is 0 Å². The number of hydrogen-bond acceptors (Lipinski definition) is 6. The molecular weight excluding hydrogens is 359 g/mol. The highest BCUT2D eigenvalue weighted by Crippen LogP contribution is 2.26. The number of oxazole rings is 1. The summed E-state index contributed by atoms with van der Waals surface area (Å²) >= 11 is 0. The molecule has 140 valence electrons. The number of nitrogens with zero attached hydrogens (tertiary/aromatic N) is 5. The molecule has 0 unspecified atom stereocenters. The number of benzene rings is 1. The van der Waals surface area contributed by atoms with Crippen LogP contribution < -0.4 is 5.73 Å². The van der Waals surface area contributed by atoms with Crippen LogP contribution in [-0.2, 0) is 6.42 Å². The first-order valence-electron chi connectivity index (χ1n) is 8.53. The minimum atomic E-state index is -0.304. The fraction of sp³-hybridized carbons (Fsp3) is 0.100. The van der Waals surface area contributed by atoms with Gasteiger partial charge in [0.05, 0.1) is 17.5 Å². The van der Waals surface area contributed by atoms with Gasteiger partial charge in [-0.05, 0) is 24.1 Å². The Morgan fingerprint density at radius 1 is 1.29 bits per heavy atom. The van der Waals surface area contributed by atoms with Gasteiger partial charge in [0.25, 0.3) is 5.95 Å². The first-order valence-corrected chi connectivity index (χ1v) is 8.53. The molecule has 28 heavy (non-hydrogen) atoms. The summed E-state index contributed by atoms with van der Waals surface area (Å²) in [7, 11) is 0. The summed E-state index contributed by atoms with van der Waals surface area (Å²) in [5.74, 6) is 0.669. The van der Waals surface area contributed by atoms with E-state index in [1.807, 2.05) is 6.92 Å². The zero-order valence-electron chi connectivity index (χ0n) is 15.1. The number of rotatable bonds is 5. The molecule has 0 aliphatic rings. The van der Waals surface area contributed by atoms with Gasteiger partial charge in [-0.3, -0.25) is 0 Å². The van der Waals surface area contributed by atoms with E-state index in [0.29, 0.717) is 34.1 Å². The Kier molecular flexibility index (Phi) is 4.44. The second-order valence-corrected chi connectivity index (χ2v) is 6.29. The molecule has 0 aliphatic carbocycles. The molecule has 0 radical (unpaired) electrons. The van der Waals surface area contributed by atoms with Gasteiger partial charge in [-0.15, -0.1) is 0 Å². The van der Waals surface area contributed by atoms with Crippen molar-refractivity contribution in [3.8, 4) is 17.4 Å². The molecular formula is C20H17FN6O. The van der Waals surface area contributed by atoms with Crippen molar-refractivity contribution in [2.24, 2.45) is 0 Å². The quantitative estimate of drug-likeness (QED) is 0.571. The molecule has 8 heteroatoms. The van der Waals surface area contributed by atoms with Crippen molar-refractivity contribution >= 4 is 11.4 Å². The molecule has 0 aliphatic heterocycles. The fourth-order valence-corrected chi connectivity index (χ4v) is 2.82.